The fourth-order valence-corrected chi connectivity index (χ4v) is 12.6. The molecule has 111 heavy (non-hydrogen) atoms. The summed E-state index contributed by atoms with van der Waals surface area (Å²) in [6, 6.07) is 6.96. The van der Waals surface area contributed by atoms with Gasteiger partial charge in [-0.3, -0.25) is 86.3 Å². The van der Waals surface area contributed by atoms with Crippen molar-refractivity contribution in [2.75, 3.05) is 18.1 Å². The molecule has 2 heterocycles. The molecular formula is C72H92N18O20S. The van der Waals surface area contributed by atoms with Crippen LogP contribution in [0.1, 0.15) is 106 Å². The number of carbonyl (C=O) groups excluding carboxylic acids is 17. The van der Waals surface area contributed by atoms with Crippen LogP contribution in [0.2, 0.25) is 0 Å². The predicted octanol–water partition coefficient (Wildman–Crippen LogP) is -5.40. The maximum Gasteiger partial charge on any atom is 0.303 e. The molecule has 0 spiro atoms. The first-order chi connectivity index (χ1) is 52.4. The SMILES string of the molecule is CC(=O)N[C@H]1CCSC[C@@H](C(=O)N[C@@H](Cc2ccc(C(N)=O)cc2)C(=O)N[C@@H](Cc2ccc3ccccc3c2)C(=O)NC(C)(C)C(=O)N[C@@H](CCC(=O)O)C(=O)N[C@@H](CC(N)=O)C(=O)NCC(N)=O)NC(=O)[C@H](CCC(N)=O)NC(=O)[C@H](Cc2c[nH]c3ccccc23)NC(=O)[C@H]([C@@H](C)O)NC(=O)[C@H](CCC(N)=O)NC1=O. The minimum absolute atomic E-state index is 0.0244. The van der Waals surface area contributed by atoms with Crippen LogP contribution >= 0.6 is 11.8 Å². The number of hydrogen-bond acceptors (Lipinski definition) is 20. The van der Waals surface area contributed by atoms with Gasteiger partial charge in [0.2, 0.25) is 100 Å². The Balaban J connectivity index is 1.42. The number of aliphatic hydroxyl groups excluding tert-OH is 1. The van der Waals surface area contributed by atoms with E-state index in [-0.39, 0.29) is 36.1 Å². The molecule has 4 aromatic carbocycles. The van der Waals surface area contributed by atoms with Gasteiger partial charge in [-0.05, 0) is 97.9 Å². The molecule has 1 aliphatic rings. The van der Waals surface area contributed by atoms with Gasteiger partial charge in [-0.15, -0.1) is 0 Å². The zero-order valence-corrected chi connectivity index (χ0v) is 61.8. The van der Waals surface area contributed by atoms with Crippen molar-refractivity contribution < 1.29 is 96.5 Å². The second-order valence-corrected chi connectivity index (χ2v) is 28.1. The number of primary amides is 5. The van der Waals surface area contributed by atoms with Crippen molar-refractivity contribution in [3.05, 3.63) is 119 Å². The van der Waals surface area contributed by atoms with Gasteiger partial charge < -0.3 is 108 Å². The van der Waals surface area contributed by atoms with E-state index in [0.29, 0.717) is 27.4 Å². The highest BCUT2D eigenvalue weighted by atomic mass is 32.2. The molecule has 1 fully saturated rings. The van der Waals surface area contributed by atoms with Gasteiger partial charge in [0.05, 0.1) is 19.1 Å². The van der Waals surface area contributed by atoms with Crippen LogP contribution in [0.4, 0.5) is 0 Å². The molecule has 38 nitrogen and oxygen atoms in total. The summed E-state index contributed by atoms with van der Waals surface area (Å²) in [6.07, 6.45) is -6.01. The lowest BCUT2D eigenvalue weighted by Gasteiger charge is -2.31. The van der Waals surface area contributed by atoms with Gasteiger partial charge in [-0.2, -0.15) is 11.8 Å². The summed E-state index contributed by atoms with van der Waals surface area (Å²) in [4.78, 5) is 248. The van der Waals surface area contributed by atoms with Crippen LogP contribution in [0.5, 0.6) is 0 Å². The topological polar surface area (TPSA) is 638 Å². The fraction of sp³-hybridized carbons (Fsp3) is 0.417. The van der Waals surface area contributed by atoms with Crippen molar-refractivity contribution in [1.82, 2.24) is 68.8 Å². The van der Waals surface area contributed by atoms with Crippen molar-refractivity contribution >= 4 is 140 Å². The quantitative estimate of drug-likeness (QED) is 0.0186. The van der Waals surface area contributed by atoms with Gasteiger partial charge in [0, 0.05) is 73.9 Å². The number of carboxylic acid groups (broad SMARTS) is 1. The molecule has 39 heteroatoms. The fourth-order valence-electron chi connectivity index (χ4n) is 11.6. The Hall–Kier alpha value is -12.6. The third kappa shape index (κ3) is 27.6. The maximum absolute atomic E-state index is 15.4. The number of nitrogens with two attached hydrogens (primary N) is 5. The predicted molar refractivity (Wildman–Crippen MR) is 399 cm³/mol. The smallest absolute Gasteiger partial charge is 0.303 e. The highest BCUT2D eigenvalue weighted by molar-refractivity contribution is 7.99. The minimum atomic E-state index is -2.11. The van der Waals surface area contributed by atoms with Gasteiger partial charge in [-0.25, -0.2) is 0 Å². The Bertz CT molecular complexity index is 4340. The van der Waals surface area contributed by atoms with Crippen molar-refractivity contribution in [3.8, 4) is 0 Å². The number of para-hydroxylation sites is 1. The Labute approximate surface area is 639 Å². The molecule has 1 aromatic heterocycles. The number of carboxylic acids is 1. The average Bonchev–Trinajstić information content (AvgIpc) is 1.80. The highest BCUT2D eigenvalue weighted by Crippen LogP contribution is 2.22. The van der Waals surface area contributed by atoms with Crippen LogP contribution in [0.3, 0.4) is 0 Å². The number of thioether (sulfide) groups is 1. The number of carbonyl (C=O) groups is 18. The molecule has 0 saturated carbocycles. The Morgan fingerprint density at radius 3 is 1.77 bits per heavy atom. The third-order valence-corrected chi connectivity index (χ3v) is 18.6. The number of rotatable bonds is 33. The molecule has 6 rings (SSSR count). The molecule has 17 amide bonds. The number of aromatic amines is 1. The van der Waals surface area contributed by atoms with Crippen LogP contribution in [0.25, 0.3) is 21.7 Å². The van der Waals surface area contributed by atoms with E-state index in [9.17, 15) is 77.3 Å². The number of hydrogen-bond donors (Lipinski definition) is 20. The molecule has 0 unspecified atom stereocenters. The Kier molecular flexibility index (Phi) is 32.4. The van der Waals surface area contributed by atoms with Crippen LogP contribution in [0.15, 0.2) is 97.2 Å². The Morgan fingerprint density at radius 2 is 1.15 bits per heavy atom. The van der Waals surface area contributed by atoms with Crippen molar-refractivity contribution in [2.45, 2.75) is 170 Å². The van der Waals surface area contributed by atoms with Crippen LogP contribution in [0, 0.1) is 0 Å². The van der Waals surface area contributed by atoms with Crippen LogP contribution < -0.4 is 92.5 Å². The van der Waals surface area contributed by atoms with E-state index >= 15 is 19.2 Å². The summed E-state index contributed by atoms with van der Waals surface area (Å²) in [5, 5.41) is 52.2. The highest BCUT2D eigenvalue weighted by Gasteiger charge is 2.40. The summed E-state index contributed by atoms with van der Waals surface area (Å²) in [5.41, 5.74) is 26.7. The van der Waals surface area contributed by atoms with E-state index in [0.717, 1.165) is 31.0 Å². The van der Waals surface area contributed by atoms with Gasteiger partial charge in [0.15, 0.2) is 0 Å². The lowest BCUT2D eigenvalue weighted by Crippen LogP contribution is -2.64. The molecular weight excluding hydrogens is 1470 g/mol. The second-order valence-electron chi connectivity index (χ2n) is 26.9. The molecule has 0 aliphatic carbocycles. The third-order valence-electron chi connectivity index (χ3n) is 17.5. The minimum Gasteiger partial charge on any atom is -0.481 e. The largest absolute Gasteiger partial charge is 0.481 e. The second kappa shape index (κ2) is 41.1. The number of aliphatic carboxylic acids is 1. The van der Waals surface area contributed by atoms with Gasteiger partial charge in [-0.1, -0.05) is 72.8 Å². The van der Waals surface area contributed by atoms with E-state index in [1.54, 1.807) is 66.7 Å². The summed E-state index contributed by atoms with van der Waals surface area (Å²) >= 11 is 0.889. The number of aromatic nitrogens is 1. The number of amides is 17. The first kappa shape index (κ1) is 87.4. The zero-order valence-electron chi connectivity index (χ0n) is 61.0. The number of fused-ring (bicyclic) bond motifs is 2. The van der Waals surface area contributed by atoms with E-state index in [1.807, 2.05) is 0 Å². The molecule has 0 bridgehead atoms. The molecule has 11 atom stereocenters. The number of aliphatic hydroxyl groups is 1. The first-order valence-electron chi connectivity index (χ1n) is 35.0. The van der Waals surface area contributed by atoms with E-state index in [1.165, 1.54) is 44.3 Å². The molecule has 5 aromatic rings. The molecule has 596 valence electrons. The lowest BCUT2D eigenvalue weighted by atomic mass is 9.97. The van der Waals surface area contributed by atoms with Crippen molar-refractivity contribution in [1.29, 1.82) is 0 Å². The molecule has 1 saturated heterocycles. The monoisotopic (exact) mass is 1560 g/mol. The summed E-state index contributed by atoms with van der Waals surface area (Å²) in [6.45, 7) is 3.83. The van der Waals surface area contributed by atoms with Crippen molar-refractivity contribution in [2.24, 2.45) is 28.7 Å². The maximum atomic E-state index is 15.4. The van der Waals surface area contributed by atoms with Gasteiger partial charge in [0.1, 0.15) is 66.0 Å². The lowest BCUT2D eigenvalue weighted by molar-refractivity contribution is -0.139. The molecule has 1 aliphatic heterocycles. The number of benzene rings is 4. The molecule has 0 radical (unpaired) electrons. The number of nitrogens with one attached hydrogen (secondary N) is 13. The van der Waals surface area contributed by atoms with Gasteiger partial charge in [0.25, 0.3) is 0 Å². The van der Waals surface area contributed by atoms with Crippen LogP contribution in [-0.2, 0) is 101 Å². The zero-order chi connectivity index (χ0) is 82.0. The van der Waals surface area contributed by atoms with Crippen molar-refractivity contribution in [3.63, 3.8) is 0 Å². The van der Waals surface area contributed by atoms with Crippen LogP contribution in [-0.4, -0.2) is 212 Å². The van der Waals surface area contributed by atoms with E-state index in [4.69, 9.17) is 28.7 Å². The summed E-state index contributed by atoms with van der Waals surface area (Å²) in [7, 11) is 0. The Morgan fingerprint density at radius 1 is 0.586 bits per heavy atom. The van der Waals surface area contributed by atoms with E-state index < -0.39 is 242 Å². The first-order valence-corrected chi connectivity index (χ1v) is 36.2. The average molecular weight is 1560 g/mol. The normalized spacial score (nSPS) is 18.8. The van der Waals surface area contributed by atoms with Gasteiger partial charge >= 0.3 is 5.97 Å². The summed E-state index contributed by atoms with van der Waals surface area (Å²) < 4.78 is 0. The molecule has 25 N–H and O–H groups in total. The summed E-state index contributed by atoms with van der Waals surface area (Å²) in [5.74, 6) is -20.0. The standard InChI is InChI=1S/C72H92N18O20S/c1-35(91)59-70(109)86-51(30-42-32-78-44-12-8-7-11-43(42)44)67(106)82-45(19-22-54(73)93)62(101)87-53(34-111-26-25-48(80-36(2)92)64(103)81-46(65(104)89-59)20-23-55(74)94)68(107)83-49(28-37-13-17-40(18-14-37)60(77)99)66(105)84-50(29-38-15-16-39-9-5-6-10-41(39)27-38)69(108)90-72(3,4)71(110)88-47(21-24-58(97)98)63(102)85-52(31-56(75)95)61(100)79-33-57(76)96/h5-18,27,32,35,45-53,59,78,91H,19-26,28-31,33-34H2,1-4H3,(H2,73,93)(H2,74,94)(H2,75,95)(H2,76,96)(H2,77,99)(H,79,100)(H,80,92)(H,81,103)(H,82,106)(H,83,107)(H,84,105)(H,85,102)(H,86,109)(H,87,101)(H,88,110)(H,89,104)(H,90,108)(H,97,98)/t35-,45+,46+,47+,48+,49+,50+,51+,52+,53+,59+/m1/s1. The number of H-pyrrole nitrogens is 1. The van der Waals surface area contributed by atoms with E-state index in [2.05, 4.69) is 68.8 Å².